The maximum Gasteiger partial charge on any atom is 0.246 e. The van der Waals surface area contributed by atoms with Gasteiger partial charge in [0, 0.05) is 30.1 Å². The molecule has 1 saturated heterocycles. The molecule has 1 N–H and O–H groups in total. The van der Waals surface area contributed by atoms with Crippen LogP contribution in [0.2, 0.25) is 0 Å². The molecule has 1 aliphatic heterocycles. The Labute approximate surface area is 174 Å². The lowest BCUT2D eigenvalue weighted by atomic mass is 10.1. The molecule has 1 unspecified atom stereocenters. The Morgan fingerprint density at radius 3 is 2.93 bits per heavy atom. The number of ether oxygens (including phenoxy) is 1. The van der Waals surface area contributed by atoms with E-state index in [2.05, 4.69) is 45.0 Å². The van der Waals surface area contributed by atoms with Gasteiger partial charge in [0.15, 0.2) is 0 Å². The highest BCUT2D eigenvalue weighted by Crippen LogP contribution is 2.41. The molecule has 0 bridgehead atoms. The molecule has 1 aromatic carbocycles. The fourth-order valence-electron chi connectivity index (χ4n) is 3.85. The van der Waals surface area contributed by atoms with Gasteiger partial charge in [0.25, 0.3) is 0 Å². The van der Waals surface area contributed by atoms with Crippen molar-refractivity contribution in [3.63, 3.8) is 0 Å². The molecule has 0 radical (unpaired) electrons. The minimum Gasteiger partial charge on any atom is -0.472 e. The second-order valence-electron chi connectivity index (χ2n) is 7.80. The van der Waals surface area contributed by atoms with E-state index in [4.69, 9.17) is 4.74 Å². The van der Waals surface area contributed by atoms with Crippen molar-refractivity contribution >= 4 is 28.3 Å². The number of hydrogen-bond acceptors (Lipinski definition) is 6. The summed E-state index contributed by atoms with van der Waals surface area (Å²) in [7, 11) is 0. The highest BCUT2D eigenvalue weighted by Gasteiger charge is 2.27. The van der Waals surface area contributed by atoms with E-state index in [0.29, 0.717) is 24.9 Å². The molecular formula is C23H23N5O2. The maximum atomic E-state index is 11.8. The average Bonchev–Trinajstić information content (AvgIpc) is 3.53. The molecule has 2 aromatic heterocycles. The Morgan fingerprint density at radius 2 is 2.10 bits per heavy atom. The number of nitrogens with zero attached hydrogens (tertiary/aromatic N) is 4. The first-order valence-electron chi connectivity index (χ1n) is 10.3. The van der Waals surface area contributed by atoms with E-state index in [1.165, 1.54) is 30.8 Å². The molecule has 0 spiro atoms. The zero-order chi connectivity index (χ0) is 20.5. The number of hydrogen-bond donors (Lipinski definition) is 1. The van der Waals surface area contributed by atoms with E-state index in [0.717, 1.165) is 28.8 Å². The molecule has 30 heavy (non-hydrogen) atoms. The molecule has 5 rings (SSSR count). The second kappa shape index (κ2) is 7.74. The van der Waals surface area contributed by atoms with Gasteiger partial charge < -0.3 is 15.0 Å². The van der Waals surface area contributed by atoms with Gasteiger partial charge in [0.2, 0.25) is 11.8 Å². The summed E-state index contributed by atoms with van der Waals surface area (Å²) in [6, 6.07) is 10.3. The number of fused-ring (bicyclic) bond motifs is 1. The first kappa shape index (κ1) is 18.5. The van der Waals surface area contributed by atoms with Crippen LogP contribution in [-0.2, 0) is 4.79 Å². The zero-order valence-corrected chi connectivity index (χ0v) is 16.6. The largest absolute Gasteiger partial charge is 0.472 e. The molecule has 1 amide bonds. The average molecular weight is 401 g/mol. The lowest BCUT2D eigenvalue weighted by molar-refractivity contribution is -0.125. The molecule has 1 atom stereocenters. The van der Waals surface area contributed by atoms with Crippen LogP contribution in [0.25, 0.3) is 10.9 Å². The van der Waals surface area contributed by atoms with Crippen molar-refractivity contribution < 1.29 is 9.53 Å². The topological polar surface area (TPSA) is 80.2 Å². The lowest BCUT2D eigenvalue weighted by Gasteiger charge is -2.15. The maximum absolute atomic E-state index is 11.8. The second-order valence-corrected chi connectivity index (χ2v) is 7.80. The van der Waals surface area contributed by atoms with Crippen LogP contribution in [0.5, 0.6) is 5.88 Å². The first-order valence-corrected chi connectivity index (χ1v) is 10.3. The van der Waals surface area contributed by atoms with Crippen molar-refractivity contribution in [1.82, 2.24) is 19.9 Å². The zero-order valence-electron chi connectivity index (χ0n) is 16.6. The Morgan fingerprint density at radius 1 is 1.20 bits per heavy atom. The van der Waals surface area contributed by atoms with Gasteiger partial charge in [-0.3, -0.25) is 4.79 Å². The van der Waals surface area contributed by atoms with Crippen LogP contribution in [-0.4, -0.2) is 45.0 Å². The predicted molar refractivity (Wildman–Crippen MR) is 115 cm³/mol. The van der Waals surface area contributed by atoms with E-state index in [1.807, 2.05) is 12.1 Å². The molecule has 1 aliphatic carbocycles. The third-order valence-corrected chi connectivity index (χ3v) is 5.61. The molecule has 7 heteroatoms. The van der Waals surface area contributed by atoms with Crippen molar-refractivity contribution in [2.45, 2.75) is 31.3 Å². The standard InChI is InChI=1S/C23H23N5O2/c1-2-22(29)28-9-8-18(13-28)30-21-11-19-20(12-24-21)25-14-26-23(19)27-17-5-3-4-16(10-17)15-6-7-15/h2-5,10-12,14-15,18H,1,6-9,13H2,(H,25,26,27). The summed E-state index contributed by atoms with van der Waals surface area (Å²) < 4.78 is 6.05. The molecule has 2 aliphatic rings. The van der Waals surface area contributed by atoms with Crippen LogP contribution >= 0.6 is 0 Å². The van der Waals surface area contributed by atoms with E-state index in [-0.39, 0.29) is 12.0 Å². The molecule has 7 nitrogen and oxygen atoms in total. The number of anilines is 2. The van der Waals surface area contributed by atoms with Crippen molar-refractivity contribution in [2.24, 2.45) is 0 Å². The third-order valence-electron chi connectivity index (χ3n) is 5.61. The monoisotopic (exact) mass is 401 g/mol. The minimum absolute atomic E-state index is 0.0686. The van der Waals surface area contributed by atoms with Gasteiger partial charge in [0.1, 0.15) is 18.2 Å². The van der Waals surface area contributed by atoms with Gasteiger partial charge in [-0.15, -0.1) is 0 Å². The number of nitrogens with one attached hydrogen (secondary N) is 1. The predicted octanol–water partition coefficient (Wildman–Crippen LogP) is 3.81. The molecule has 3 aromatic rings. The number of carbonyl (C=O) groups excluding carboxylic acids is 1. The van der Waals surface area contributed by atoms with Crippen molar-refractivity contribution in [3.05, 3.63) is 61.1 Å². The van der Waals surface area contributed by atoms with E-state index in [1.54, 1.807) is 11.1 Å². The fourth-order valence-corrected chi connectivity index (χ4v) is 3.85. The van der Waals surface area contributed by atoms with Crippen LogP contribution in [0.3, 0.4) is 0 Å². The summed E-state index contributed by atoms with van der Waals surface area (Å²) in [5.74, 6) is 1.85. The number of benzene rings is 1. The van der Waals surface area contributed by atoms with Crippen LogP contribution in [0, 0.1) is 0 Å². The van der Waals surface area contributed by atoms with Gasteiger partial charge in [-0.1, -0.05) is 18.7 Å². The molecule has 3 heterocycles. The number of amides is 1. The summed E-state index contributed by atoms with van der Waals surface area (Å²) in [6.07, 6.45) is 7.78. The Hall–Kier alpha value is -3.48. The lowest BCUT2D eigenvalue weighted by Crippen LogP contribution is -2.29. The SMILES string of the molecule is C=CC(=O)N1CCC(Oc2cc3c(Nc4cccc(C5CC5)c4)ncnc3cn2)C1. The molecule has 152 valence electrons. The summed E-state index contributed by atoms with van der Waals surface area (Å²) in [6.45, 7) is 4.75. The van der Waals surface area contributed by atoms with Crippen LogP contribution < -0.4 is 10.1 Å². The van der Waals surface area contributed by atoms with Crippen molar-refractivity contribution in [1.29, 1.82) is 0 Å². The van der Waals surface area contributed by atoms with Crippen LogP contribution in [0.15, 0.2) is 55.5 Å². The minimum atomic E-state index is -0.0879. The van der Waals surface area contributed by atoms with E-state index >= 15 is 0 Å². The smallest absolute Gasteiger partial charge is 0.246 e. The summed E-state index contributed by atoms with van der Waals surface area (Å²) in [5.41, 5.74) is 3.12. The van der Waals surface area contributed by atoms with Crippen molar-refractivity contribution in [2.75, 3.05) is 18.4 Å². The Balaban J connectivity index is 1.37. The van der Waals surface area contributed by atoms with E-state index in [9.17, 15) is 4.79 Å². The van der Waals surface area contributed by atoms with Gasteiger partial charge >= 0.3 is 0 Å². The summed E-state index contributed by atoms with van der Waals surface area (Å²) >= 11 is 0. The molecule has 2 fully saturated rings. The van der Waals surface area contributed by atoms with Crippen molar-refractivity contribution in [3.8, 4) is 5.88 Å². The highest BCUT2D eigenvalue weighted by molar-refractivity contribution is 5.90. The number of aromatic nitrogens is 3. The Kier molecular flexibility index (Phi) is 4.78. The van der Waals surface area contributed by atoms with Crippen LogP contribution in [0.4, 0.5) is 11.5 Å². The van der Waals surface area contributed by atoms with E-state index < -0.39 is 0 Å². The number of pyridine rings is 1. The van der Waals surface area contributed by atoms with Gasteiger partial charge in [-0.05, 0) is 42.5 Å². The van der Waals surface area contributed by atoms with Crippen LogP contribution in [0.1, 0.15) is 30.7 Å². The highest BCUT2D eigenvalue weighted by atomic mass is 16.5. The quantitative estimate of drug-likeness (QED) is 0.633. The number of carbonyl (C=O) groups is 1. The number of rotatable bonds is 6. The normalized spacial score (nSPS) is 18.4. The number of likely N-dealkylation sites (tertiary alicyclic amines) is 1. The first-order chi connectivity index (χ1) is 14.7. The summed E-state index contributed by atoms with van der Waals surface area (Å²) in [5, 5.41) is 4.27. The summed E-state index contributed by atoms with van der Waals surface area (Å²) in [4.78, 5) is 26.7. The third kappa shape index (κ3) is 3.83. The fraction of sp³-hybridized carbons (Fsp3) is 0.304. The molecular weight excluding hydrogens is 378 g/mol. The van der Waals surface area contributed by atoms with Gasteiger partial charge in [-0.2, -0.15) is 0 Å². The van der Waals surface area contributed by atoms with Gasteiger partial charge in [-0.25, -0.2) is 15.0 Å². The Bertz CT molecular complexity index is 1110. The van der Waals surface area contributed by atoms with Gasteiger partial charge in [0.05, 0.1) is 18.3 Å². The molecule has 1 saturated carbocycles.